The van der Waals surface area contributed by atoms with Crippen molar-refractivity contribution in [3.8, 4) is 5.75 Å². The van der Waals surface area contributed by atoms with Crippen LogP contribution in [0.25, 0.3) is 0 Å². The van der Waals surface area contributed by atoms with Gasteiger partial charge in [0.2, 0.25) is 23.6 Å². The molecule has 2 aromatic rings. The van der Waals surface area contributed by atoms with E-state index in [2.05, 4.69) is 10.6 Å². The summed E-state index contributed by atoms with van der Waals surface area (Å²) in [5, 5.41) is 6.15. The van der Waals surface area contributed by atoms with Gasteiger partial charge in [-0.2, -0.15) is 0 Å². The van der Waals surface area contributed by atoms with Gasteiger partial charge >= 0.3 is 0 Å². The minimum absolute atomic E-state index is 0.0114. The molecule has 0 aliphatic carbocycles. The maximum atomic E-state index is 13.8. The van der Waals surface area contributed by atoms with Crippen LogP contribution in [0, 0.1) is 11.8 Å². The van der Waals surface area contributed by atoms with Gasteiger partial charge in [0.1, 0.15) is 11.3 Å². The highest BCUT2D eigenvalue weighted by molar-refractivity contribution is 6.15. The Kier molecular flexibility index (Phi) is 5.16. The predicted octanol–water partition coefficient (Wildman–Crippen LogP) is 1.05. The summed E-state index contributed by atoms with van der Waals surface area (Å²) in [7, 11) is 1.52. The lowest BCUT2D eigenvalue weighted by molar-refractivity contribution is -0.143. The number of fused-ring (bicyclic) bond motifs is 4. The normalized spacial score (nSPS) is 27.2. The van der Waals surface area contributed by atoms with Crippen LogP contribution in [-0.4, -0.2) is 41.7 Å². The van der Waals surface area contributed by atoms with E-state index in [9.17, 15) is 19.2 Å². The van der Waals surface area contributed by atoms with Gasteiger partial charge in [0.05, 0.1) is 25.5 Å². The molecule has 3 aliphatic rings. The topological polar surface area (TPSA) is 131 Å². The number of rotatable bonds is 6. The Labute approximate surface area is 196 Å². The molecule has 1 spiro atoms. The number of ether oxygens (including phenoxy) is 1. The zero-order chi connectivity index (χ0) is 24.2. The fourth-order valence-electron chi connectivity index (χ4n) is 5.80. The Morgan fingerprint density at radius 2 is 1.82 bits per heavy atom. The Balaban J connectivity index is 1.62. The highest BCUT2D eigenvalue weighted by Crippen LogP contribution is 2.54. The van der Waals surface area contributed by atoms with Crippen molar-refractivity contribution in [3.63, 3.8) is 0 Å². The first-order valence-electron chi connectivity index (χ1n) is 11.3. The van der Waals surface area contributed by atoms with Crippen LogP contribution in [0.4, 0.5) is 5.69 Å². The van der Waals surface area contributed by atoms with Gasteiger partial charge in [0.15, 0.2) is 0 Å². The minimum Gasteiger partial charge on any atom is -0.496 e. The molecule has 0 aromatic heterocycles. The number of aryl methyl sites for hydroxylation is 1. The smallest absolute Gasteiger partial charge is 0.250 e. The molecule has 0 unspecified atom stereocenters. The number of benzene rings is 2. The van der Waals surface area contributed by atoms with Gasteiger partial charge in [0, 0.05) is 29.3 Å². The molecule has 2 saturated heterocycles. The number of methoxy groups -OCH3 is 1. The highest BCUT2D eigenvalue weighted by atomic mass is 16.5. The van der Waals surface area contributed by atoms with Gasteiger partial charge < -0.3 is 15.8 Å². The van der Waals surface area contributed by atoms with Crippen molar-refractivity contribution in [2.75, 3.05) is 12.4 Å². The summed E-state index contributed by atoms with van der Waals surface area (Å²) in [4.78, 5) is 54.0. The summed E-state index contributed by atoms with van der Waals surface area (Å²) in [6.45, 7) is 1.99. The molecule has 176 valence electrons. The predicted molar refractivity (Wildman–Crippen MR) is 122 cm³/mol. The van der Waals surface area contributed by atoms with Crippen molar-refractivity contribution >= 4 is 29.3 Å². The molecule has 34 heavy (non-hydrogen) atoms. The molecule has 2 fully saturated rings. The molecular weight excluding hydrogens is 436 g/mol. The first-order valence-corrected chi connectivity index (χ1v) is 11.3. The molecule has 9 heteroatoms. The van der Waals surface area contributed by atoms with Crippen LogP contribution in [0.3, 0.4) is 0 Å². The standard InChI is InChI=1S/C25H26N4O5/c1-3-13-8-6-9-15-21(13)27-24(33)25(15)20-19(16(28-25)11-18(26)30)22(31)29(23(20)32)12-14-7-4-5-10-17(14)34-2/h4-10,16,19-20,28H,3,11-12H2,1-2H3,(H2,26,30)(H,27,33)/t16-,19+,20-,25-/m0/s1. The summed E-state index contributed by atoms with van der Waals surface area (Å²) in [6, 6.07) is 12.0. The van der Waals surface area contributed by atoms with E-state index in [-0.39, 0.29) is 13.0 Å². The lowest BCUT2D eigenvalue weighted by atomic mass is 9.76. The zero-order valence-electron chi connectivity index (χ0n) is 19.0. The molecule has 9 nitrogen and oxygen atoms in total. The summed E-state index contributed by atoms with van der Waals surface area (Å²) < 4.78 is 5.39. The third kappa shape index (κ3) is 2.96. The number of anilines is 1. The van der Waals surface area contributed by atoms with Crippen molar-refractivity contribution in [1.82, 2.24) is 10.2 Å². The van der Waals surface area contributed by atoms with Crippen molar-refractivity contribution in [3.05, 3.63) is 59.2 Å². The molecule has 0 bridgehead atoms. The van der Waals surface area contributed by atoms with E-state index >= 15 is 0 Å². The molecule has 3 heterocycles. The molecule has 0 saturated carbocycles. The van der Waals surface area contributed by atoms with Crippen LogP contribution in [0.15, 0.2) is 42.5 Å². The average molecular weight is 463 g/mol. The maximum Gasteiger partial charge on any atom is 0.250 e. The van der Waals surface area contributed by atoms with E-state index < -0.39 is 47.0 Å². The molecule has 4 N–H and O–H groups in total. The fraction of sp³-hybridized carbons (Fsp3) is 0.360. The van der Waals surface area contributed by atoms with Gasteiger partial charge in [-0.25, -0.2) is 0 Å². The number of nitrogens with zero attached hydrogens (tertiary/aromatic N) is 1. The molecule has 4 amide bonds. The number of carbonyl (C=O) groups is 4. The quantitative estimate of drug-likeness (QED) is 0.550. The number of nitrogens with one attached hydrogen (secondary N) is 2. The van der Waals surface area contributed by atoms with Crippen molar-refractivity contribution in [2.45, 2.75) is 37.9 Å². The summed E-state index contributed by atoms with van der Waals surface area (Å²) in [5.41, 5.74) is 6.92. The molecule has 0 radical (unpaired) electrons. The molecular formula is C25H26N4O5. The van der Waals surface area contributed by atoms with Crippen LogP contribution in [0.2, 0.25) is 0 Å². The fourth-order valence-corrected chi connectivity index (χ4v) is 5.80. The lowest BCUT2D eigenvalue weighted by Crippen LogP contribution is -2.53. The highest BCUT2D eigenvalue weighted by Gasteiger charge is 2.70. The van der Waals surface area contributed by atoms with Gasteiger partial charge in [-0.15, -0.1) is 0 Å². The first-order chi connectivity index (χ1) is 16.3. The zero-order valence-corrected chi connectivity index (χ0v) is 19.0. The SMILES string of the molecule is CCc1cccc2c1NC(=O)[C@]21N[C@@H](CC(N)=O)[C@H]2C(=O)N(Cc3ccccc3OC)C(=O)[C@H]21. The monoisotopic (exact) mass is 462 g/mol. The van der Waals surface area contributed by atoms with Gasteiger partial charge in [-0.3, -0.25) is 29.4 Å². The third-order valence-electron chi connectivity index (χ3n) is 7.25. The number of primary amides is 1. The van der Waals surface area contributed by atoms with Crippen LogP contribution in [0.5, 0.6) is 5.75 Å². The Bertz CT molecular complexity index is 1230. The summed E-state index contributed by atoms with van der Waals surface area (Å²) in [5.74, 6) is -3.22. The van der Waals surface area contributed by atoms with Gasteiger partial charge in [-0.05, 0) is 18.1 Å². The second-order valence-electron chi connectivity index (χ2n) is 8.95. The number of nitrogens with two attached hydrogens (primary N) is 1. The van der Waals surface area contributed by atoms with Crippen LogP contribution in [0.1, 0.15) is 30.0 Å². The number of hydrogen-bond donors (Lipinski definition) is 3. The molecule has 5 rings (SSSR count). The van der Waals surface area contributed by atoms with E-state index in [1.165, 1.54) is 12.0 Å². The average Bonchev–Trinajstić information content (AvgIpc) is 3.39. The van der Waals surface area contributed by atoms with Gasteiger partial charge in [-0.1, -0.05) is 43.3 Å². The third-order valence-corrected chi connectivity index (χ3v) is 7.25. The number of carbonyl (C=O) groups excluding carboxylic acids is 4. The molecule has 4 atom stereocenters. The number of likely N-dealkylation sites (tertiary alicyclic amines) is 1. The van der Waals surface area contributed by atoms with E-state index in [0.717, 1.165) is 5.56 Å². The second kappa shape index (κ2) is 7.95. The second-order valence-corrected chi connectivity index (χ2v) is 8.95. The Morgan fingerprint density at radius 1 is 1.09 bits per heavy atom. The summed E-state index contributed by atoms with van der Waals surface area (Å²) >= 11 is 0. The number of para-hydroxylation sites is 2. The van der Waals surface area contributed by atoms with Gasteiger partial charge in [0.25, 0.3) is 0 Å². The minimum atomic E-state index is -1.45. The van der Waals surface area contributed by atoms with E-state index in [4.69, 9.17) is 10.5 Å². The first kappa shape index (κ1) is 22.1. The van der Waals surface area contributed by atoms with Crippen molar-refractivity contribution in [1.29, 1.82) is 0 Å². The lowest BCUT2D eigenvalue weighted by Gasteiger charge is -2.29. The van der Waals surface area contributed by atoms with Crippen molar-refractivity contribution < 1.29 is 23.9 Å². The maximum absolute atomic E-state index is 13.8. The van der Waals surface area contributed by atoms with E-state index in [1.54, 1.807) is 30.3 Å². The van der Waals surface area contributed by atoms with Crippen molar-refractivity contribution in [2.24, 2.45) is 17.6 Å². The molecule has 3 aliphatic heterocycles. The number of imide groups is 1. The molecule has 2 aromatic carbocycles. The Morgan fingerprint density at radius 3 is 2.53 bits per heavy atom. The number of hydrogen-bond acceptors (Lipinski definition) is 6. The number of amides is 4. The summed E-state index contributed by atoms with van der Waals surface area (Å²) in [6.07, 6.45) is 0.520. The van der Waals surface area contributed by atoms with Crippen LogP contribution >= 0.6 is 0 Å². The largest absolute Gasteiger partial charge is 0.496 e. The van der Waals surface area contributed by atoms with Crippen LogP contribution in [-0.2, 0) is 37.7 Å². The van der Waals surface area contributed by atoms with Crippen LogP contribution < -0.4 is 21.1 Å². The Hall–Kier alpha value is -3.72. The van der Waals surface area contributed by atoms with E-state index in [0.29, 0.717) is 29.0 Å². The van der Waals surface area contributed by atoms with E-state index in [1.807, 2.05) is 19.1 Å².